The molecule has 1 aromatic heterocycles. The Balaban J connectivity index is 1.35. The van der Waals surface area contributed by atoms with Crippen molar-refractivity contribution in [3.63, 3.8) is 0 Å². The highest BCUT2D eigenvalue weighted by molar-refractivity contribution is 5.94. The van der Waals surface area contributed by atoms with Crippen LogP contribution in [0.15, 0.2) is 54.6 Å². The van der Waals surface area contributed by atoms with E-state index in [0.29, 0.717) is 6.04 Å². The second-order valence-electron chi connectivity index (χ2n) is 7.33. The van der Waals surface area contributed by atoms with Crippen LogP contribution >= 0.6 is 0 Å². The molecule has 0 unspecified atom stereocenters. The molecule has 4 nitrogen and oxygen atoms in total. The maximum absolute atomic E-state index is 13.4. The molecule has 5 heteroatoms. The zero-order valence-electron chi connectivity index (χ0n) is 15.5. The molecule has 0 spiro atoms. The zero-order valence-corrected chi connectivity index (χ0v) is 15.5. The minimum atomic E-state index is -0.211. The van der Waals surface area contributed by atoms with E-state index >= 15 is 0 Å². The van der Waals surface area contributed by atoms with Gasteiger partial charge >= 0.3 is 0 Å². The molecule has 140 valence electrons. The second kappa shape index (κ2) is 7.53. The highest BCUT2D eigenvalue weighted by atomic mass is 19.1. The average molecular weight is 365 g/mol. The van der Waals surface area contributed by atoms with Gasteiger partial charge in [0.15, 0.2) is 0 Å². The minimum absolute atomic E-state index is 0.120. The summed E-state index contributed by atoms with van der Waals surface area (Å²) in [6.07, 6.45) is 1.92. The summed E-state index contributed by atoms with van der Waals surface area (Å²) in [4.78, 5) is 20.2. The molecule has 0 bridgehead atoms. The maximum atomic E-state index is 13.4. The number of amides is 1. The van der Waals surface area contributed by atoms with Crippen molar-refractivity contribution < 1.29 is 9.18 Å². The standard InChI is InChI=1S/C22H24FN3O/c1-25(15-19-14-17-13-18(23)7-8-21(17)24-19)20-9-11-26(12-10-20)22(27)16-5-3-2-4-6-16/h2-8,13-14,20,24H,9-12,15H2,1H3. The number of H-pyrrole nitrogens is 1. The number of benzene rings is 2. The number of aromatic amines is 1. The Morgan fingerprint density at radius 1 is 1.15 bits per heavy atom. The molecule has 1 saturated heterocycles. The van der Waals surface area contributed by atoms with Crippen LogP contribution in [0.3, 0.4) is 0 Å². The summed E-state index contributed by atoms with van der Waals surface area (Å²) in [6, 6.07) is 16.8. The summed E-state index contributed by atoms with van der Waals surface area (Å²) in [5.74, 6) is -0.0915. The van der Waals surface area contributed by atoms with Crippen molar-refractivity contribution >= 4 is 16.8 Å². The summed E-state index contributed by atoms with van der Waals surface area (Å²) in [7, 11) is 2.12. The summed E-state index contributed by atoms with van der Waals surface area (Å²) in [5, 5.41) is 0.904. The monoisotopic (exact) mass is 365 g/mol. The van der Waals surface area contributed by atoms with E-state index in [1.807, 2.05) is 41.3 Å². The van der Waals surface area contributed by atoms with E-state index in [-0.39, 0.29) is 11.7 Å². The molecule has 0 saturated carbocycles. The molecule has 2 heterocycles. The van der Waals surface area contributed by atoms with Crippen molar-refractivity contribution in [3.8, 4) is 0 Å². The van der Waals surface area contributed by atoms with E-state index in [2.05, 4.69) is 16.9 Å². The van der Waals surface area contributed by atoms with Gasteiger partial charge in [0, 0.05) is 47.8 Å². The highest BCUT2D eigenvalue weighted by Crippen LogP contribution is 2.21. The van der Waals surface area contributed by atoms with Crippen molar-refractivity contribution in [2.24, 2.45) is 0 Å². The van der Waals surface area contributed by atoms with Gasteiger partial charge in [-0.05, 0) is 56.3 Å². The normalized spacial score (nSPS) is 15.6. The van der Waals surface area contributed by atoms with Gasteiger partial charge in [0.05, 0.1) is 0 Å². The Morgan fingerprint density at radius 2 is 1.89 bits per heavy atom. The third-order valence-electron chi connectivity index (χ3n) is 5.45. The lowest BCUT2D eigenvalue weighted by Gasteiger charge is -2.36. The van der Waals surface area contributed by atoms with Crippen molar-refractivity contribution in [1.29, 1.82) is 0 Å². The number of fused-ring (bicyclic) bond motifs is 1. The predicted octanol–water partition coefficient (Wildman–Crippen LogP) is 4.04. The van der Waals surface area contributed by atoms with Crippen molar-refractivity contribution in [2.75, 3.05) is 20.1 Å². The van der Waals surface area contributed by atoms with Crippen LogP contribution in [-0.2, 0) is 6.54 Å². The second-order valence-corrected chi connectivity index (χ2v) is 7.33. The van der Waals surface area contributed by atoms with E-state index in [1.54, 1.807) is 12.1 Å². The first-order valence-corrected chi connectivity index (χ1v) is 9.42. The summed E-state index contributed by atoms with van der Waals surface area (Å²) >= 11 is 0. The zero-order chi connectivity index (χ0) is 18.8. The van der Waals surface area contributed by atoms with E-state index < -0.39 is 0 Å². The van der Waals surface area contributed by atoms with Crippen LogP contribution in [0.4, 0.5) is 4.39 Å². The maximum Gasteiger partial charge on any atom is 0.253 e. The largest absolute Gasteiger partial charge is 0.357 e. The van der Waals surface area contributed by atoms with Crippen LogP contribution < -0.4 is 0 Å². The van der Waals surface area contributed by atoms with Crippen LogP contribution in [-0.4, -0.2) is 46.9 Å². The first-order valence-electron chi connectivity index (χ1n) is 9.42. The smallest absolute Gasteiger partial charge is 0.253 e. The molecule has 1 amide bonds. The fourth-order valence-corrected chi connectivity index (χ4v) is 3.92. The van der Waals surface area contributed by atoms with Crippen molar-refractivity contribution in [2.45, 2.75) is 25.4 Å². The van der Waals surface area contributed by atoms with E-state index in [9.17, 15) is 9.18 Å². The first kappa shape index (κ1) is 17.7. The molecule has 0 radical (unpaired) electrons. The number of nitrogens with zero attached hydrogens (tertiary/aromatic N) is 2. The Labute approximate surface area is 158 Å². The number of nitrogens with one attached hydrogen (secondary N) is 1. The molecule has 0 aliphatic carbocycles. The number of halogens is 1. The van der Waals surface area contributed by atoms with Gasteiger partial charge in [0.2, 0.25) is 0 Å². The van der Waals surface area contributed by atoms with Crippen LogP contribution in [0.1, 0.15) is 28.9 Å². The third-order valence-corrected chi connectivity index (χ3v) is 5.45. The Kier molecular flexibility index (Phi) is 4.94. The van der Waals surface area contributed by atoms with Crippen LogP contribution in [0.5, 0.6) is 0 Å². The molecular formula is C22H24FN3O. The molecule has 1 N–H and O–H groups in total. The lowest BCUT2D eigenvalue weighted by molar-refractivity contribution is 0.0638. The predicted molar refractivity (Wildman–Crippen MR) is 105 cm³/mol. The SMILES string of the molecule is CN(Cc1cc2cc(F)ccc2[nH]1)C1CCN(C(=O)c2ccccc2)CC1. The topological polar surface area (TPSA) is 39.3 Å². The van der Waals surface area contributed by atoms with Crippen LogP contribution in [0.2, 0.25) is 0 Å². The lowest BCUT2D eigenvalue weighted by atomic mass is 10.0. The molecule has 0 atom stereocenters. The number of likely N-dealkylation sites (tertiary alicyclic amines) is 1. The molecule has 1 aliphatic heterocycles. The van der Waals surface area contributed by atoms with Crippen LogP contribution in [0, 0.1) is 5.82 Å². The Bertz CT molecular complexity index is 929. The van der Waals surface area contributed by atoms with Gasteiger partial charge in [-0.15, -0.1) is 0 Å². The van der Waals surface area contributed by atoms with Gasteiger partial charge in [-0.3, -0.25) is 9.69 Å². The highest BCUT2D eigenvalue weighted by Gasteiger charge is 2.26. The number of hydrogen-bond donors (Lipinski definition) is 1. The number of hydrogen-bond acceptors (Lipinski definition) is 2. The van der Waals surface area contributed by atoms with Crippen molar-refractivity contribution in [1.82, 2.24) is 14.8 Å². The van der Waals surface area contributed by atoms with Gasteiger partial charge in [-0.25, -0.2) is 4.39 Å². The Hall–Kier alpha value is -2.66. The van der Waals surface area contributed by atoms with Gasteiger partial charge in [-0.2, -0.15) is 0 Å². The number of carbonyl (C=O) groups excluding carboxylic acids is 1. The molecule has 2 aromatic carbocycles. The first-order chi connectivity index (χ1) is 13.1. The Morgan fingerprint density at radius 3 is 2.63 bits per heavy atom. The third kappa shape index (κ3) is 3.88. The fourth-order valence-electron chi connectivity index (χ4n) is 3.92. The van der Waals surface area contributed by atoms with Gasteiger partial charge in [0.1, 0.15) is 5.82 Å². The molecule has 4 rings (SSSR count). The van der Waals surface area contributed by atoms with Gasteiger partial charge < -0.3 is 9.88 Å². The van der Waals surface area contributed by atoms with Gasteiger partial charge in [-0.1, -0.05) is 18.2 Å². The van der Waals surface area contributed by atoms with E-state index in [4.69, 9.17) is 0 Å². The minimum Gasteiger partial charge on any atom is -0.357 e. The fraction of sp³-hybridized carbons (Fsp3) is 0.318. The summed E-state index contributed by atoms with van der Waals surface area (Å²) in [6.45, 7) is 2.34. The quantitative estimate of drug-likeness (QED) is 0.758. The number of aromatic nitrogens is 1. The lowest BCUT2D eigenvalue weighted by Crippen LogP contribution is -2.45. The van der Waals surface area contributed by atoms with Crippen LogP contribution in [0.25, 0.3) is 10.9 Å². The molecule has 27 heavy (non-hydrogen) atoms. The summed E-state index contributed by atoms with van der Waals surface area (Å²) < 4.78 is 13.4. The van der Waals surface area contributed by atoms with Crippen molar-refractivity contribution in [3.05, 3.63) is 71.7 Å². The number of carbonyl (C=O) groups is 1. The number of piperidine rings is 1. The molecule has 1 aliphatic rings. The number of rotatable bonds is 4. The summed E-state index contributed by atoms with van der Waals surface area (Å²) in [5.41, 5.74) is 2.80. The van der Waals surface area contributed by atoms with E-state index in [0.717, 1.165) is 54.6 Å². The molecular weight excluding hydrogens is 341 g/mol. The average Bonchev–Trinajstić information content (AvgIpc) is 3.09. The molecule has 3 aromatic rings. The molecule has 1 fully saturated rings. The van der Waals surface area contributed by atoms with E-state index in [1.165, 1.54) is 6.07 Å². The van der Waals surface area contributed by atoms with Gasteiger partial charge in [0.25, 0.3) is 5.91 Å².